The third-order valence-corrected chi connectivity index (χ3v) is 2.47. The van der Waals surface area contributed by atoms with Crippen molar-refractivity contribution in [1.82, 2.24) is 0 Å². The maximum atomic E-state index is 9.45. The monoisotopic (exact) mass is 179 g/mol. The summed E-state index contributed by atoms with van der Waals surface area (Å²) < 4.78 is 0. The Bertz CT molecular complexity index is 307. The molecular weight excluding hydrogens is 162 g/mol. The summed E-state index contributed by atoms with van der Waals surface area (Å²) in [6.07, 6.45) is 0. The fraction of sp³-hybridized carbons (Fsp3) is 0.455. The van der Waals surface area contributed by atoms with Gasteiger partial charge in [0.2, 0.25) is 0 Å². The molecule has 2 heteroatoms. The fourth-order valence-corrected chi connectivity index (χ4v) is 1.48. The van der Waals surface area contributed by atoms with Gasteiger partial charge >= 0.3 is 0 Å². The first kappa shape index (κ1) is 10.1. The van der Waals surface area contributed by atoms with E-state index in [1.807, 2.05) is 19.9 Å². The van der Waals surface area contributed by atoms with Crippen molar-refractivity contribution < 1.29 is 5.11 Å². The molecule has 0 fully saturated rings. The number of hydrogen-bond acceptors (Lipinski definition) is 2. The molecule has 2 nitrogen and oxygen atoms in total. The van der Waals surface area contributed by atoms with Gasteiger partial charge in [0.15, 0.2) is 0 Å². The van der Waals surface area contributed by atoms with Crippen LogP contribution in [0.5, 0.6) is 5.75 Å². The summed E-state index contributed by atoms with van der Waals surface area (Å²) >= 11 is 0. The van der Waals surface area contributed by atoms with Crippen LogP contribution in [0, 0.1) is 13.8 Å². The molecule has 1 aromatic carbocycles. The molecule has 1 rings (SSSR count). The predicted octanol–water partition coefficient (Wildman–Crippen LogP) is 2.07. The molecule has 0 spiro atoms. The van der Waals surface area contributed by atoms with Crippen molar-refractivity contribution in [1.29, 1.82) is 0 Å². The lowest BCUT2D eigenvalue weighted by Crippen LogP contribution is -2.10. The van der Waals surface area contributed by atoms with Crippen molar-refractivity contribution in [2.45, 2.75) is 26.7 Å². The zero-order valence-corrected chi connectivity index (χ0v) is 8.46. The van der Waals surface area contributed by atoms with Crippen LogP contribution in [0.3, 0.4) is 0 Å². The Morgan fingerprint density at radius 1 is 1.31 bits per heavy atom. The molecule has 0 aliphatic rings. The maximum Gasteiger partial charge on any atom is 0.118 e. The van der Waals surface area contributed by atoms with E-state index in [-0.39, 0.29) is 0 Å². The molecule has 72 valence electrons. The Kier molecular flexibility index (Phi) is 2.94. The van der Waals surface area contributed by atoms with Gasteiger partial charge in [0, 0.05) is 0 Å². The summed E-state index contributed by atoms with van der Waals surface area (Å²) in [7, 11) is 0. The van der Waals surface area contributed by atoms with Gasteiger partial charge < -0.3 is 10.8 Å². The molecule has 3 N–H and O–H groups in total. The minimum Gasteiger partial charge on any atom is -0.508 e. The normalized spacial score (nSPS) is 12.9. The van der Waals surface area contributed by atoms with E-state index in [2.05, 4.69) is 6.92 Å². The number of phenols is 1. The molecule has 1 unspecified atom stereocenters. The largest absolute Gasteiger partial charge is 0.508 e. The van der Waals surface area contributed by atoms with E-state index < -0.39 is 0 Å². The van der Waals surface area contributed by atoms with Gasteiger partial charge in [-0.3, -0.25) is 0 Å². The number of aryl methyl sites for hydroxylation is 2. The van der Waals surface area contributed by atoms with Gasteiger partial charge in [-0.15, -0.1) is 0 Å². The number of rotatable bonds is 2. The number of aromatic hydroxyl groups is 1. The van der Waals surface area contributed by atoms with Crippen LogP contribution >= 0.6 is 0 Å². The first-order chi connectivity index (χ1) is 6.06. The quantitative estimate of drug-likeness (QED) is 0.730. The Hall–Kier alpha value is -1.02. The molecule has 0 aliphatic carbocycles. The van der Waals surface area contributed by atoms with Crippen molar-refractivity contribution in [3.63, 3.8) is 0 Å². The SMILES string of the molecule is Cc1cc(C(C)CN)c(C)cc1O. The van der Waals surface area contributed by atoms with E-state index in [0.29, 0.717) is 18.2 Å². The molecule has 0 aromatic heterocycles. The van der Waals surface area contributed by atoms with Crippen molar-refractivity contribution in [2.75, 3.05) is 6.54 Å². The molecule has 0 amide bonds. The van der Waals surface area contributed by atoms with Crippen molar-refractivity contribution in [3.05, 3.63) is 28.8 Å². The second-order valence-corrected chi connectivity index (χ2v) is 3.63. The van der Waals surface area contributed by atoms with Crippen LogP contribution in [0.25, 0.3) is 0 Å². The highest BCUT2D eigenvalue weighted by molar-refractivity contribution is 5.42. The van der Waals surface area contributed by atoms with E-state index in [1.165, 1.54) is 5.56 Å². The molecule has 0 saturated carbocycles. The smallest absolute Gasteiger partial charge is 0.118 e. The minimum atomic E-state index is 0.360. The fourth-order valence-electron chi connectivity index (χ4n) is 1.48. The highest BCUT2D eigenvalue weighted by atomic mass is 16.3. The second-order valence-electron chi connectivity index (χ2n) is 3.63. The van der Waals surface area contributed by atoms with E-state index in [4.69, 9.17) is 5.73 Å². The zero-order chi connectivity index (χ0) is 10.0. The molecule has 0 heterocycles. The van der Waals surface area contributed by atoms with E-state index >= 15 is 0 Å². The lowest BCUT2D eigenvalue weighted by molar-refractivity contribution is 0.470. The second kappa shape index (κ2) is 3.79. The molecule has 0 saturated heterocycles. The van der Waals surface area contributed by atoms with Gasteiger partial charge in [0.1, 0.15) is 5.75 Å². The number of phenolic OH excluding ortho intramolecular Hbond substituents is 1. The lowest BCUT2D eigenvalue weighted by atomic mass is 9.94. The third kappa shape index (κ3) is 2.01. The molecule has 0 bridgehead atoms. The summed E-state index contributed by atoms with van der Waals surface area (Å²) in [6, 6.07) is 3.82. The first-order valence-electron chi connectivity index (χ1n) is 4.56. The first-order valence-corrected chi connectivity index (χ1v) is 4.56. The summed E-state index contributed by atoms with van der Waals surface area (Å²) in [4.78, 5) is 0. The summed E-state index contributed by atoms with van der Waals surface area (Å²) in [5, 5.41) is 9.45. The van der Waals surface area contributed by atoms with Gasteiger partial charge in [-0.1, -0.05) is 13.0 Å². The predicted molar refractivity (Wildman–Crippen MR) is 55.1 cm³/mol. The van der Waals surface area contributed by atoms with Crippen LogP contribution < -0.4 is 5.73 Å². The third-order valence-electron chi connectivity index (χ3n) is 2.47. The maximum absolute atomic E-state index is 9.45. The topological polar surface area (TPSA) is 46.2 Å². The van der Waals surface area contributed by atoms with E-state index in [0.717, 1.165) is 11.1 Å². The standard InChI is InChI=1S/C11H17NO/c1-7-5-11(13)8(2)4-10(7)9(3)6-12/h4-5,9,13H,6,12H2,1-3H3. The molecular formula is C11H17NO. The molecule has 0 aliphatic heterocycles. The van der Waals surface area contributed by atoms with E-state index in [9.17, 15) is 5.11 Å². The van der Waals surface area contributed by atoms with Gasteiger partial charge in [-0.2, -0.15) is 0 Å². The average Bonchev–Trinajstić information content (AvgIpc) is 2.10. The molecule has 1 atom stereocenters. The van der Waals surface area contributed by atoms with Crippen LogP contribution in [0.1, 0.15) is 29.5 Å². The molecule has 13 heavy (non-hydrogen) atoms. The Morgan fingerprint density at radius 2 is 1.92 bits per heavy atom. The number of nitrogens with two attached hydrogens (primary N) is 1. The van der Waals surface area contributed by atoms with Crippen molar-refractivity contribution in [2.24, 2.45) is 5.73 Å². The van der Waals surface area contributed by atoms with Crippen molar-refractivity contribution in [3.8, 4) is 5.75 Å². The summed E-state index contributed by atoms with van der Waals surface area (Å²) in [5.41, 5.74) is 8.86. The summed E-state index contributed by atoms with van der Waals surface area (Å²) in [5.74, 6) is 0.727. The van der Waals surface area contributed by atoms with Crippen LogP contribution in [-0.4, -0.2) is 11.7 Å². The minimum absolute atomic E-state index is 0.360. The molecule has 0 radical (unpaired) electrons. The van der Waals surface area contributed by atoms with Crippen LogP contribution in [0.15, 0.2) is 12.1 Å². The average molecular weight is 179 g/mol. The zero-order valence-electron chi connectivity index (χ0n) is 8.46. The Balaban J connectivity index is 3.15. The van der Waals surface area contributed by atoms with Crippen LogP contribution in [-0.2, 0) is 0 Å². The van der Waals surface area contributed by atoms with Gasteiger partial charge in [-0.05, 0) is 49.1 Å². The van der Waals surface area contributed by atoms with Gasteiger partial charge in [-0.25, -0.2) is 0 Å². The van der Waals surface area contributed by atoms with Crippen molar-refractivity contribution >= 4 is 0 Å². The van der Waals surface area contributed by atoms with Gasteiger partial charge in [0.25, 0.3) is 0 Å². The molecule has 1 aromatic rings. The lowest BCUT2D eigenvalue weighted by Gasteiger charge is -2.14. The highest BCUT2D eigenvalue weighted by Gasteiger charge is 2.08. The Labute approximate surface area is 79.4 Å². The number of hydrogen-bond donors (Lipinski definition) is 2. The Morgan fingerprint density at radius 3 is 2.46 bits per heavy atom. The van der Waals surface area contributed by atoms with Crippen LogP contribution in [0.4, 0.5) is 0 Å². The summed E-state index contributed by atoms with van der Waals surface area (Å²) in [6.45, 7) is 6.64. The number of benzene rings is 1. The highest BCUT2D eigenvalue weighted by Crippen LogP contribution is 2.26. The van der Waals surface area contributed by atoms with Crippen LogP contribution in [0.2, 0.25) is 0 Å². The van der Waals surface area contributed by atoms with E-state index in [1.54, 1.807) is 6.07 Å². The van der Waals surface area contributed by atoms with Gasteiger partial charge in [0.05, 0.1) is 0 Å².